The maximum atomic E-state index is 10.3. The molecule has 8 bridgehead atoms. The van der Waals surface area contributed by atoms with Gasteiger partial charge in [0, 0.05) is 40.4 Å². The van der Waals surface area contributed by atoms with Gasteiger partial charge in [0.2, 0.25) is 0 Å². The van der Waals surface area contributed by atoms with Gasteiger partial charge in [-0.15, -0.1) is 0 Å². The molecule has 0 aliphatic carbocycles. The van der Waals surface area contributed by atoms with Gasteiger partial charge >= 0.3 is 5.97 Å². The van der Waals surface area contributed by atoms with Gasteiger partial charge in [-0.25, -0.2) is 15.0 Å². The third-order valence-electron chi connectivity index (χ3n) is 5.35. The normalized spacial score (nSPS) is 12.7. The second-order valence-corrected chi connectivity index (χ2v) is 8.13. The number of nitrogens with two attached hydrogens (primary N) is 1. The van der Waals surface area contributed by atoms with Crippen molar-refractivity contribution >= 4 is 52.3 Å². The van der Waals surface area contributed by atoms with Crippen molar-refractivity contribution in [2.24, 2.45) is 5.73 Å². The smallest absolute Gasteiger partial charge is 0.320 e. The maximum Gasteiger partial charge on any atom is 0.320 e. The van der Waals surface area contributed by atoms with Gasteiger partial charge in [0.25, 0.3) is 0 Å². The number of nitrogens with one attached hydrogen (secondary N) is 3. The number of nitrogens with zero attached hydrogens (tertiary/aromatic N) is 3. The Morgan fingerprint density at radius 2 is 1.23 bits per heavy atom. The fourth-order valence-electron chi connectivity index (χ4n) is 3.66. The summed E-state index contributed by atoms with van der Waals surface area (Å²) in [5, 5.41) is 8.42. The summed E-state index contributed by atoms with van der Waals surface area (Å²) < 4.78 is 0. The van der Waals surface area contributed by atoms with Crippen LogP contribution in [-0.4, -0.2) is 47.0 Å². The molecule has 0 spiro atoms. The Hall–Kier alpha value is -4.76. The fraction of sp³-hybridized carbons (Fsp3) is 0.0769. The number of imidazole rings is 1. The third-order valence-corrected chi connectivity index (χ3v) is 5.35. The van der Waals surface area contributed by atoms with Gasteiger partial charge < -0.3 is 25.8 Å². The van der Waals surface area contributed by atoms with Crippen molar-refractivity contribution in [1.82, 2.24) is 29.9 Å². The van der Waals surface area contributed by atoms with Gasteiger partial charge in [0.15, 0.2) is 0 Å². The molecule has 0 radical (unpaired) electrons. The summed E-state index contributed by atoms with van der Waals surface area (Å²) in [4.78, 5) is 32.8. The average Bonchev–Trinajstić information content (AvgIpc) is 3.64. The summed E-state index contributed by atoms with van der Waals surface area (Å²) >= 11 is 0. The quantitative estimate of drug-likeness (QED) is 0.266. The number of rotatable bonds is 3. The lowest BCUT2D eigenvalue weighted by molar-refractivity contribution is -0.138. The predicted molar refractivity (Wildman–Crippen MR) is 137 cm³/mol. The molecule has 1 atom stereocenters. The molecule has 0 amide bonds. The zero-order valence-corrected chi connectivity index (χ0v) is 18.6. The molecule has 0 saturated carbocycles. The zero-order chi connectivity index (χ0) is 24.2. The monoisotopic (exact) mass is 465 g/mol. The van der Waals surface area contributed by atoms with E-state index in [4.69, 9.17) is 10.8 Å². The number of carboxylic acid groups (broad SMARTS) is 1. The number of carbonyl (C=O) groups is 1. The number of aliphatic carboxylic acids is 1. The molecule has 0 aromatic carbocycles. The van der Waals surface area contributed by atoms with Crippen LogP contribution in [0.5, 0.6) is 0 Å². The Morgan fingerprint density at radius 3 is 1.57 bits per heavy atom. The summed E-state index contributed by atoms with van der Waals surface area (Å²) in [6.07, 6.45) is 11.4. The SMILES string of the molecule is C1=Cc2cc3ccc(cc4nc(cc5ccc(cc1n2)[nH]5)C=C4)[nH]3.N[C@@H](Cc1cnc[nH]1)C(=O)O. The van der Waals surface area contributed by atoms with E-state index in [2.05, 4.69) is 54.2 Å². The molecule has 4 aromatic heterocycles. The van der Waals surface area contributed by atoms with E-state index in [0.717, 1.165) is 50.5 Å². The van der Waals surface area contributed by atoms with Crippen LogP contribution in [0.1, 0.15) is 28.5 Å². The van der Waals surface area contributed by atoms with Crippen LogP contribution in [0.4, 0.5) is 0 Å². The lowest BCUT2D eigenvalue weighted by Crippen LogP contribution is -2.32. The first-order valence-electron chi connectivity index (χ1n) is 11.0. The van der Waals surface area contributed by atoms with Crippen LogP contribution in [-0.2, 0) is 11.2 Å². The van der Waals surface area contributed by atoms with E-state index in [1.165, 1.54) is 6.33 Å². The maximum absolute atomic E-state index is 10.3. The van der Waals surface area contributed by atoms with Gasteiger partial charge in [-0.1, -0.05) is 0 Å². The zero-order valence-electron chi connectivity index (χ0n) is 18.6. The van der Waals surface area contributed by atoms with Crippen LogP contribution in [0.15, 0.2) is 61.1 Å². The molecule has 9 heteroatoms. The fourth-order valence-corrected chi connectivity index (χ4v) is 3.66. The molecule has 0 fully saturated rings. The standard InChI is InChI=1S/C20H14N4.C6H9N3O2/c1-2-14-10-16-5-6-18(23-16)12-20-8-7-19(24-20)11-17-4-3-15(22-17)9-13(1)21-14;7-5(6(10)11)1-4-2-8-3-9-4/h1-12,21,24H;2-3,5H,1,7H2,(H,8,9)(H,10,11)/t;5-/m.0/s1. The molecule has 6 heterocycles. The van der Waals surface area contributed by atoms with Gasteiger partial charge in [-0.3, -0.25) is 4.79 Å². The summed E-state index contributed by atoms with van der Waals surface area (Å²) in [6, 6.07) is 15.5. The molecule has 35 heavy (non-hydrogen) atoms. The van der Waals surface area contributed by atoms with Crippen molar-refractivity contribution < 1.29 is 9.90 Å². The summed E-state index contributed by atoms with van der Waals surface area (Å²) in [7, 11) is 0. The van der Waals surface area contributed by atoms with E-state index in [1.807, 2.05) is 48.6 Å². The summed E-state index contributed by atoms with van der Waals surface area (Å²) in [5.74, 6) is -1.00. The van der Waals surface area contributed by atoms with E-state index in [9.17, 15) is 4.79 Å². The molecule has 2 aliphatic heterocycles. The molecule has 4 aromatic rings. The number of hydrogen-bond acceptors (Lipinski definition) is 5. The Balaban J connectivity index is 0.000000195. The number of aromatic amines is 3. The number of H-pyrrole nitrogens is 3. The minimum atomic E-state index is -1.00. The topological polar surface area (TPSA) is 149 Å². The van der Waals surface area contributed by atoms with Gasteiger partial charge in [-0.05, 0) is 72.8 Å². The van der Waals surface area contributed by atoms with Crippen LogP contribution >= 0.6 is 0 Å². The Labute approximate surface area is 200 Å². The number of carboxylic acids is 1. The second kappa shape index (κ2) is 9.62. The average molecular weight is 466 g/mol. The van der Waals surface area contributed by atoms with Crippen LogP contribution in [0.2, 0.25) is 0 Å². The third kappa shape index (κ3) is 5.60. The van der Waals surface area contributed by atoms with Crippen molar-refractivity contribution in [2.45, 2.75) is 12.5 Å². The van der Waals surface area contributed by atoms with Crippen molar-refractivity contribution in [3.63, 3.8) is 0 Å². The van der Waals surface area contributed by atoms with Crippen molar-refractivity contribution in [1.29, 1.82) is 0 Å². The molecular weight excluding hydrogens is 442 g/mol. The first-order chi connectivity index (χ1) is 17.0. The molecule has 0 unspecified atom stereocenters. The van der Waals surface area contributed by atoms with E-state index in [1.54, 1.807) is 6.20 Å². The van der Waals surface area contributed by atoms with E-state index in [-0.39, 0.29) is 6.42 Å². The second-order valence-electron chi connectivity index (χ2n) is 8.13. The number of aromatic nitrogens is 6. The highest BCUT2D eigenvalue weighted by Gasteiger charge is 2.12. The Bertz CT molecular complexity index is 1400. The van der Waals surface area contributed by atoms with Gasteiger partial charge in [-0.2, -0.15) is 0 Å². The van der Waals surface area contributed by atoms with Crippen LogP contribution in [0.25, 0.3) is 46.4 Å². The Kier molecular flexibility index (Phi) is 6.06. The first kappa shape index (κ1) is 22.1. The highest BCUT2D eigenvalue weighted by molar-refractivity contribution is 5.77. The largest absolute Gasteiger partial charge is 0.480 e. The first-order valence-corrected chi connectivity index (χ1v) is 11.0. The minimum absolute atomic E-state index is 0.287. The molecule has 0 saturated heterocycles. The van der Waals surface area contributed by atoms with Gasteiger partial charge in [0.1, 0.15) is 6.04 Å². The Morgan fingerprint density at radius 1 is 0.800 bits per heavy atom. The lowest BCUT2D eigenvalue weighted by Gasteiger charge is -2.02. The highest BCUT2D eigenvalue weighted by Crippen LogP contribution is 2.16. The molecule has 6 rings (SSSR count). The van der Waals surface area contributed by atoms with E-state index in [0.29, 0.717) is 0 Å². The lowest BCUT2D eigenvalue weighted by atomic mass is 10.2. The molecular formula is C26H23N7O2. The number of fused-ring (bicyclic) bond motifs is 8. The van der Waals surface area contributed by atoms with Crippen LogP contribution in [0.3, 0.4) is 0 Å². The highest BCUT2D eigenvalue weighted by atomic mass is 16.4. The number of hydrogen-bond donors (Lipinski definition) is 5. The van der Waals surface area contributed by atoms with E-state index >= 15 is 0 Å². The predicted octanol–water partition coefficient (Wildman–Crippen LogP) is 4.02. The van der Waals surface area contributed by atoms with Crippen molar-refractivity contribution in [3.05, 3.63) is 89.5 Å². The minimum Gasteiger partial charge on any atom is -0.480 e. The van der Waals surface area contributed by atoms with Crippen molar-refractivity contribution in [2.75, 3.05) is 0 Å². The van der Waals surface area contributed by atoms with Gasteiger partial charge in [0.05, 0.1) is 29.1 Å². The van der Waals surface area contributed by atoms with E-state index < -0.39 is 12.0 Å². The van der Waals surface area contributed by atoms with Crippen LogP contribution < -0.4 is 5.73 Å². The summed E-state index contributed by atoms with van der Waals surface area (Å²) in [5.41, 5.74) is 13.9. The molecule has 2 aliphatic rings. The molecule has 174 valence electrons. The summed E-state index contributed by atoms with van der Waals surface area (Å²) in [6.45, 7) is 0. The van der Waals surface area contributed by atoms with Crippen molar-refractivity contribution in [3.8, 4) is 0 Å². The molecule has 6 N–H and O–H groups in total. The molecule has 9 nitrogen and oxygen atoms in total. The van der Waals surface area contributed by atoms with Crippen LogP contribution in [0, 0.1) is 0 Å².